The minimum atomic E-state index is -3.65. The van der Waals surface area contributed by atoms with Crippen molar-refractivity contribution >= 4 is 32.7 Å². The highest BCUT2D eigenvalue weighted by molar-refractivity contribution is 7.92. The minimum Gasteiger partial charge on any atom is -0.506 e. The van der Waals surface area contributed by atoms with E-state index in [1.807, 2.05) is 32.3 Å². The van der Waals surface area contributed by atoms with Gasteiger partial charge in [0.15, 0.2) is 0 Å². The Kier molecular flexibility index (Phi) is 5.44. The Hall–Kier alpha value is -3.40. The number of aromatic nitrogens is 3. The second-order valence-corrected chi connectivity index (χ2v) is 11.1. The Morgan fingerprint density at radius 1 is 1.18 bits per heavy atom. The number of nitrogens with zero attached hydrogens (tertiary/aromatic N) is 3. The SMILES string of the molecule is C=CC(=O)OCC(C)CS(=O)(=O)Nc1ccc2c(c1)n1n(-c3cc(C(C)(C)C)ccc3O)n21. The van der Waals surface area contributed by atoms with Gasteiger partial charge in [0.05, 0.1) is 18.0 Å². The number of benzene rings is 2. The van der Waals surface area contributed by atoms with Crippen LogP contribution < -0.4 is 4.72 Å². The zero-order valence-corrected chi connectivity index (χ0v) is 19.9. The van der Waals surface area contributed by atoms with Gasteiger partial charge >= 0.3 is 5.97 Å². The second kappa shape index (κ2) is 7.87. The van der Waals surface area contributed by atoms with Crippen LogP contribution in [0.4, 0.5) is 5.69 Å². The van der Waals surface area contributed by atoms with E-state index in [4.69, 9.17) is 4.74 Å². The number of esters is 1. The monoisotopic (exact) mass is 472 g/mol. The number of hydrogen-bond acceptors (Lipinski definition) is 5. The lowest BCUT2D eigenvalue weighted by Gasteiger charge is -2.19. The molecular weight excluding hydrogens is 444 g/mol. The molecule has 0 spiro atoms. The lowest BCUT2D eigenvalue weighted by atomic mass is 9.87. The molecule has 0 radical (unpaired) electrons. The Labute approximate surface area is 192 Å². The van der Waals surface area contributed by atoms with E-state index < -0.39 is 16.0 Å². The van der Waals surface area contributed by atoms with Crippen molar-refractivity contribution in [2.24, 2.45) is 5.92 Å². The molecule has 1 unspecified atom stereocenters. The zero-order chi connectivity index (χ0) is 24.1. The fourth-order valence-corrected chi connectivity index (χ4v) is 5.10. The van der Waals surface area contributed by atoms with Gasteiger partial charge in [0.2, 0.25) is 10.0 Å². The number of nitrogens with one attached hydrogen (secondary N) is 1. The van der Waals surface area contributed by atoms with Gasteiger partial charge < -0.3 is 9.84 Å². The van der Waals surface area contributed by atoms with E-state index in [0.29, 0.717) is 11.4 Å². The molecule has 0 fully saturated rings. The molecule has 1 atom stereocenters. The van der Waals surface area contributed by atoms with Crippen molar-refractivity contribution in [3.63, 3.8) is 0 Å². The van der Waals surface area contributed by atoms with Crippen molar-refractivity contribution in [1.29, 1.82) is 0 Å². The number of sulfonamides is 1. The molecule has 0 aliphatic heterocycles. The molecule has 10 heteroatoms. The molecule has 2 aromatic carbocycles. The van der Waals surface area contributed by atoms with Crippen molar-refractivity contribution < 1.29 is 23.1 Å². The Morgan fingerprint density at radius 3 is 2.55 bits per heavy atom. The predicted molar refractivity (Wildman–Crippen MR) is 127 cm³/mol. The van der Waals surface area contributed by atoms with Gasteiger partial charge in [-0.15, -0.1) is 14.1 Å². The molecule has 2 aromatic heterocycles. The van der Waals surface area contributed by atoms with E-state index in [2.05, 4.69) is 32.1 Å². The van der Waals surface area contributed by atoms with Crippen LogP contribution in [-0.2, 0) is 25.0 Å². The lowest BCUT2D eigenvalue weighted by molar-refractivity contribution is -0.138. The van der Waals surface area contributed by atoms with Gasteiger partial charge in [-0.3, -0.25) is 4.72 Å². The van der Waals surface area contributed by atoms with Crippen LogP contribution >= 0.6 is 0 Å². The summed E-state index contributed by atoms with van der Waals surface area (Å²) in [6, 6.07) is 10.8. The van der Waals surface area contributed by atoms with Gasteiger partial charge in [0.25, 0.3) is 0 Å². The summed E-state index contributed by atoms with van der Waals surface area (Å²) in [5, 5.41) is 10.4. The summed E-state index contributed by atoms with van der Waals surface area (Å²) in [4.78, 5) is 13.0. The molecule has 4 aromatic rings. The van der Waals surface area contributed by atoms with Crippen LogP contribution in [0.25, 0.3) is 16.7 Å². The largest absolute Gasteiger partial charge is 0.506 e. The number of phenols is 1. The normalized spacial score (nSPS) is 13.6. The first kappa shape index (κ1) is 22.8. The highest BCUT2D eigenvalue weighted by Crippen LogP contribution is 2.34. The van der Waals surface area contributed by atoms with Crippen molar-refractivity contribution in [2.75, 3.05) is 17.1 Å². The molecule has 0 amide bonds. The van der Waals surface area contributed by atoms with Crippen LogP contribution in [0.15, 0.2) is 49.1 Å². The number of rotatable bonds is 8. The first-order chi connectivity index (χ1) is 15.4. The molecule has 0 bridgehead atoms. The molecule has 0 saturated carbocycles. The maximum absolute atomic E-state index is 12.6. The highest BCUT2D eigenvalue weighted by Gasteiger charge is 2.28. The van der Waals surface area contributed by atoms with Gasteiger partial charge in [-0.1, -0.05) is 40.3 Å². The molecule has 2 heterocycles. The Bertz CT molecular complexity index is 1430. The average Bonchev–Trinajstić information content (AvgIpc) is 3.38. The maximum atomic E-state index is 12.6. The second-order valence-electron chi connectivity index (χ2n) is 9.35. The summed E-state index contributed by atoms with van der Waals surface area (Å²) in [7, 11) is -3.65. The summed E-state index contributed by atoms with van der Waals surface area (Å²) >= 11 is 0. The van der Waals surface area contributed by atoms with Crippen LogP contribution in [0, 0.1) is 5.92 Å². The fraction of sp³-hybridized carbons (Fsp3) is 0.348. The summed E-state index contributed by atoms with van der Waals surface area (Å²) in [6.07, 6.45) is 1.04. The van der Waals surface area contributed by atoms with Crippen LogP contribution in [0.2, 0.25) is 0 Å². The molecule has 0 aliphatic rings. The number of carbonyl (C=O) groups is 1. The van der Waals surface area contributed by atoms with Crippen LogP contribution in [0.3, 0.4) is 0 Å². The quantitative estimate of drug-likeness (QED) is 0.301. The number of fused-ring (bicyclic) bond motifs is 4. The number of anilines is 1. The van der Waals surface area contributed by atoms with E-state index in [9.17, 15) is 18.3 Å². The number of carbonyl (C=O) groups excluding carboxylic acids is 1. The number of aromatic hydroxyl groups is 1. The molecule has 9 nitrogen and oxygen atoms in total. The van der Waals surface area contributed by atoms with E-state index >= 15 is 0 Å². The third kappa shape index (κ3) is 4.43. The molecule has 4 rings (SSSR count). The standard InChI is InChI=1S/C23H28N4O5S/c1-6-22(29)32-13-15(2)14-33(30,31)24-17-8-9-18-19(12-17)26-25(18)27(26)20-11-16(23(3,4)5)7-10-21(20)28/h6-12,15,24,28H,1,13-14H2,2-5H3. The molecule has 176 valence electrons. The van der Waals surface area contributed by atoms with Crippen molar-refractivity contribution in [3.8, 4) is 11.4 Å². The van der Waals surface area contributed by atoms with Gasteiger partial charge in [0.1, 0.15) is 22.5 Å². The van der Waals surface area contributed by atoms with E-state index in [0.717, 1.165) is 22.7 Å². The van der Waals surface area contributed by atoms with Crippen molar-refractivity contribution in [1.82, 2.24) is 14.1 Å². The van der Waals surface area contributed by atoms with E-state index in [-0.39, 0.29) is 29.4 Å². The fourth-order valence-electron chi connectivity index (χ4n) is 3.69. The first-order valence-corrected chi connectivity index (χ1v) is 12.2. The topological polar surface area (TPSA) is 106 Å². The van der Waals surface area contributed by atoms with Crippen molar-refractivity contribution in [2.45, 2.75) is 33.1 Å². The summed E-state index contributed by atoms with van der Waals surface area (Å²) in [6.45, 7) is 11.3. The average molecular weight is 473 g/mol. The van der Waals surface area contributed by atoms with Crippen LogP contribution in [-0.4, -0.2) is 45.9 Å². The highest BCUT2D eigenvalue weighted by atomic mass is 32.2. The Balaban J connectivity index is 1.54. The van der Waals surface area contributed by atoms with Gasteiger partial charge in [-0.05, 0) is 41.3 Å². The van der Waals surface area contributed by atoms with Crippen molar-refractivity contribution in [3.05, 3.63) is 54.6 Å². The summed E-state index contributed by atoms with van der Waals surface area (Å²) in [5.41, 5.74) is 3.84. The third-order valence-electron chi connectivity index (χ3n) is 5.43. The van der Waals surface area contributed by atoms with Gasteiger partial charge in [-0.25, -0.2) is 13.2 Å². The zero-order valence-electron chi connectivity index (χ0n) is 19.1. The number of phenolic OH excluding ortho intramolecular Hbond substituents is 1. The number of hydrogen-bond donors (Lipinski definition) is 2. The molecular formula is C23H28N4O5S. The lowest BCUT2D eigenvalue weighted by Crippen LogP contribution is -2.24. The van der Waals surface area contributed by atoms with Crippen LogP contribution in [0.1, 0.15) is 33.3 Å². The molecule has 0 aliphatic carbocycles. The predicted octanol–water partition coefficient (Wildman–Crippen LogP) is 3.53. The maximum Gasteiger partial charge on any atom is 0.330 e. The smallest absolute Gasteiger partial charge is 0.330 e. The van der Waals surface area contributed by atoms with E-state index in [1.54, 1.807) is 25.1 Å². The van der Waals surface area contributed by atoms with Crippen LogP contribution in [0.5, 0.6) is 5.75 Å². The number of ether oxygens (including phenoxy) is 1. The minimum absolute atomic E-state index is 0.00916. The van der Waals surface area contributed by atoms with E-state index in [1.165, 1.54) is 0 Å². The summed E-state index contributed by atoms with van der Waals surface area (Å²) < 4.78 is 36.4. The van der Waals surface area contributed by atoms with Gasteiger partial charge in [-0.2, -0.15) is 0 Å². The Morgan fingerprint density at radius 2 is 1.88 bits per heavy atom. The molecule has 33 heavy (non-hydrogen) atoms. The first-order valence-electron chi connectivity index (χ1n) is 10.6. The van der Waals surface area contributed by atoms with Gasteiger partial charge in [0, 0.05) is 12.0 Å². The molecule has 2 N–H and O–H groups in total. The summed E-state index contributed by atoms with van der Waals surface area (Å²) in [5.74, 6) is -0.991. The molecule has 0 saturated heterocycles. The third-order valence-corrected chi connectivity index (χ3v) is 6.98.